The van der Waals surface area contributed by atoms with Crippen LogP contribution in [0.5, 0.6) is 0 Å². The number of nitro benzene ring substituents is 1. The van der Waals surface area contributed by atoms with Crippen molar-refractivity contribution in [2.75, 3.05) is 5.32 Å². The molecule has 0 radical (unpaired) electrons. The molecule has 0 saturated heterocycles. The van der Waals surface area contributed by atoms with Gasteiger partial charge in [0.05, 0.1) is 4.92 Å². The SMILES string of the molecule is Cc1ccc(NCc2cccnc2)cc1[N+](=O)[O-]. The van der Waals surface area contributed by atoms with E-state index in [1.54, 1.807) is 31.5 Å². The van der Waals surface area contributed by atoms with Gasteiger partial charge in [0.1, 0.15) is 0 Å². The fourth-order valence-corrected chi connectivity index (χ4v) is 1.62. The lowest BCUT2D eigenvalue weighted by Gasteiger charge is -2.06. The molecule has 0 saturated carbocycles. The first-order valence-electron chi connectivity index (χ1n) is 5.54. The Kier molecular flexibility index (Phi) is 3.52. The van der Waals surface area contributed by atoms with E-state index in [0.717, 1.165) is 11.3 Å². The number of aromatic nitrogens is 1. The van der Waals surface area contributed by atoms with Gasteiger partial charge >= 0.3 is 0 Å². The highest BCUT2D eigenvalue weighted by Gasteiger charge is 2.10. The number of nitro groups is 1. The average molecular weight is 243 g/mol. The Morgan fingerprint density at radius 1 is 1.39 bits per heavy atom. The Labute approximate surface area is 105 Å². The minimum Gasteiger partial charge on any atom is -0.381 e. The van der Waals surface area contributed by atoms with Gasteiger partial charge in [0.15, 0.2) is 0 Å². The number of aryl methyl sites for hydroxylation is 1. The van der Waals surface area contributed by atoms with Crippen LogP contribution in [0.15, 0.2) is 42.7 Å². The molecule has 2 aromatic rings. The van der Waals surface area contributed by atoms with Gasteiger partial charge in [-0.3, -0.25) is 15.1 Å². The molecule has 0 aliphatic rings. The van der Waals surface area contributed by atoms with E-state index in [0.29, 0.717) is 12.1 Å². The van der Waals surface area contributed by atoms with Crippen molar-refractivity contribution in [3.8, 4) is 0 Å². The Morgan fingerprint density at radius 2 is 2.22 bits per heavy atom. The molecular formula is C13H13N3O2. The summed E-state index contributed by atoms with van der Waals surface area (Å²) in [6.45, 7) is 2.32. The first-order chi connectivity index (χ1) is 8.66. The second-order valence-corrected chi connectivity index (χ2v) is 3.97. The van der Waals surface area contributed by atoms with Gasteiger partial charge in [0, 0.05) is 36.3 Å². The number of rotatable bonds is 4. The summed E-state index contributed by atoms with van der Waals surface area (Å²) in [5, 5.41) is 14.0. The molecular weight excluding hydrogens is 230 g/mol. The highest BCUT2D eigenvalue weighted by molar-refractivity contribution is 5.55. The maximum Gasteiger partial charge on any atom is 0.274 e. The van der Waals surface area contributed by atoms with Gasteiger partial charge in [-0.1, -0.05) is 12.1 Å². The van der Waals surface area contributed by atoms with E-state index in [4.69, 9.17) is 0 Å². The Morgan fingerprint density at radius 3 is 2.89 bits per heavy atom. The summed E-state index contributed by atoms with van der Waals surface area (Å²) in [7, 11) is 0. The maximum atomic E-state index is 10.8. The number of anilines is 1. The van der Waals surface area contributed by atoms with E-state index in [9.17, 15) is 10.1 Å². The third-order valence-electron chi connectivity index (χ3n) is 2.63. The lowest BCUT2D eigenvalue weighted by atomic mass is 10.2. The Bertz CT molecular complexity index is 555. The van der Waals surface area contributed by atoms with Crippen LogP contribution in [0.4, 0.5) is 11.4 Å². The fourth-order valence-electron chi connectivity index (χ4n) is 1.62. The molecule has 5 heteroatoms. The Balaban J connectivity index is 2.11. The summed E-state index contributed by atoms with van der Waals surface area (Å²) in [6, 6.07) is 8.92. The van der Waals surface area contributed by atoms with Crippen LogP contribution >= 0.6 is 0 Å². The summed E-state index contributed by atoms with van der Waals surface area (Å²) in [4.78, 5) is 14.5. The van der Waals surface area contributed by atoms with Gasteiger partial charge in [0.2, 0.25) is 0 Å². The first-order valence-corrected chi connectivity index (χ1v) is 5.54. The third-order valence-corrected chi connectivity index (χ3v) is 2.63. The molecule has 1 aromatic carbocycles. The molecule has 1 aromatic heterocycles. The van der Waals surface area contributed by atoms with Gasteiger partial charge < -0.3 is 5.32 Å². The van der Waals surface area contributed by atoms with E-state index >= 15 is 0 Å². The summed E-state index contributed by atoms with van der Waals surface area (Å²) < 4.78 is 0. The van der Waals surface area contributed by atoms with Crippen LogP contribution in [-0.4, -0.2) is 9.91 Å². The molecule has 5 nitrogen and oxygen atoms in total. The molecule has 1 N–H and O–H groups in total. The zero-order valence-corrected chi connectivity index (χ0v) is 9.96. The van der Waals surface area contributed by atoms with Crippen LogP contribution in [0, 0.1) is 17.0 Å². The molecule has 0 fully saturated rings. The Hall–Kier alpha value is -2.43. The summed E-state index contributed by atoms with van der Waals surface area (Å²) in [6.07, 6.45) is 3.47. The molecule has 0 spiro atoms. The van der Waals surface area contributed by atoms with Crippen molar-refractivity contribution in [3.63, 3.8) is 0 Å². The lowest BCUT2D eigenvalue weighted by Crippen LogP contribution is -2.01. The minimum atomic E-state index is -0.370. The first kappa shape index (κ1) is 12.0. The number of nitrogens with zero attached hydrogens (tertiary/aromatic N) is 2. The van der Waals surface area contributed by atoms with E-state index < -0.39 is 0 Å². The minimum absolute atomic E-state index is 0.131. The van der Waals surface area contributed by atoms with Gasteiger partial charge in [-0.15, -0.1) is 0 Å². The molecule has 0 amide bonds. The molecule has 0 aliphatic carbocycles. The van der Waals surface area contributed by atoms with Gasteiger partial charge in [-0.2, -0.15) is 0 Å². The molecule has 0 bridgehead atoms. The zero-order chi connectivity index (χ0) is 13.0. The molecule has 0 unspecified atom stereocenters. The molecule has 18 heavy (non-hydrogen) atoms. The number of nitrogens with one attached hydrogen (secondary N) is 1. The van der Waals surface area contributed by atoms with Crippen molar-refractivity contribution in [3.05, 3.63) is 64.0 Å². The van der Waals surface area contributed by atoms with Crippen molar-refractivity contribution >= 4 is 11.4 Å². The number of benzene rings is 1. The van der Waals surface area contributed by atoms with Gasteiger partial charge in [-0.05, 0) is 24.6 Å². The van der Waals surface area contributed by atoms with Crippen LogP contribution in [0.25, 0.3) is 0 Å². The summed E-state index contributed by atoms with van der Waals surface area (Å²) in [5.41, 5.74) is 2.55. The quantitative estimate of drug-likeness (QED) is 0.662. The monoisotopic (exact) mass is 243 g/mol. The highest BCUT2D eigenvalue weighted by atomic mass is 16.6. The normalized spacial score (nSPS) is 10.1. The second kappa shape index (κ2) is 5.27. The van der Waals surface area contributed by atoms with E-state index in [2.05, 4.69) is 10.3 Å². The molecule has 0 aliphatic heterocycles. The third kappa shape index (κ3) is 2.82. The van der Waals surface area contributed by atoms with E-state index in [-0.39, 0.29) is 10.6 Å². The van der Waals surface area contributed by atoms with Crippen LogP contribution in [0.2, 0.25) is 0 Å². The zero-order valence-electron chi connectivity index (χ0n) is 9.96. The molecule has 92 valence electrons. The predicted molar refractivity (Wildman–Crippen MR) is 69.4 cm³/mol. The van der Waals surface area contributed by atoms with Crippen LogP contribution in [0.3, 0.4) is 0 Å². The average Bonchev–Trinajstić information content (AvgIpc) is 2.38. The van der Waals surface area contributed by atoms with Crippen LogP contribution in [-0.2, 0) is 6.54 Å². The number of hydrogen-bond acceptors (Lipinski definition) is 4. The van der Waals surface area contributed by atoms with Gasteiger partial charge in [0.25, 0.3) is 5.69 Å². The van der Waals surface area contributed by atoms with Crippen LogP contribution < -0.4 is 5.32 Å². The summed E-state index contributed by atoms with van der Waals surface area (Å²) in [5.74, 6) is 0. The van der Waals surface area contributed by atoms with Crippen molar-refractivity contribution in [2.45, 2.75) is 13.5 Å². The largest absolute Gasteiger partial charge is 0.381 e. The number of pyridine rings is 1. The number of hydrogen-bond donors (Lipinski definition) is 1. The predicted octanol–water partition coefficient (Wildman–Crippen LogP) is 2.91. The van der Waals surface area contributed by atoms with Gasteiger partial charge in [-0.25, -0.2) is 0 Å². The summed E-state index contributed by atoms with van der Waals surface area (Å²) >= 11 is 0. The lowest BCUT2D eigenvalue weighted by molar-refractivity contribution is -0.385. The second-order valence-electron chi connectivity index (χ2n) is 3.97. The molecule has 0 atom stereocenters. The van der Waals surface area contributed by atoms with Crippen molar-refractivity contribution in [1.82, 2.24) is 4.98 Å². The smallest absolute Gasteiger partial charge is 0.274 e. The van der Waals surface area contributed by atoms with E-state index in [1.807, 2.05) is 18.2 Å². The van der Waals surface area contributed by atoms with Crippen molar-refractivity contribution in [2.24, 2.45) is 0 Å². The van der Waals surface area contributed by atoms with Crippen molar-refractivity contribution in [1.29, 1.82) is 0 Å². The standard InChI is InChI=1S/C13H13N3O2/c1-10-4-5-12(7-13(10)16(17)18)15-9-11-3-2-6-14-8-11/h2-8,15H,9H2,1H3. The maximum absolute atomic E-state index is 10.8. The van der Waals surface area contributed by atoms with Crippen molar-refractivity contribution < 1.29 is 4.92 Å². The highest BCUT2D eigenvalue weighted by Crippen LogP contribution is 2.22. The molecule has 2 rings (SSSR count). The van der Waals surface area contributed by atoms with E-state index in [1.165, 1.54) is 0 Å². The fraction of sp³-hybridized carbons (Fsp3) is 0.154. The molecule has 1 heterocycles. The topological polar surface area (TPSA) is 68.1 Å². The van der Waals surface area contributed by atoms with Crippen LogP contribution in [0.1, 0.15) is 11.1 Å².